The maximum atomic E-state index is 13.1. The Morgan fingerprint density at radius 2 is 1.70 bits per heavy atom. The average molecular weight is 333 g/mol. The quantitative estimate of drug-likeness (QED) is 0.843. The number of amides is 1. The molecule has 2 atom stereocenters. The number of hydrogen-bond donors (Lipinski definition) is 2. The standard InChI is InChI=1S/C18H17FN2O.ClH/c19-14-4-1-11(2-5-14)12-3-6-15-16(7-12)18(22)21-9-13-8-20-10-17(13)15;/h1-7,13,17,20H,8-10H2,(H,21,22);1H. The van der Waals surface area contributed by atoms with Gasteiger partial charge in [-0.1, -0.05) is 24.3 Å². The van der Waals surface area contributed by atoms with E-state index in [0.29, 0.717) is 11.8 Å². The molecule has 120 valence electrons. The van der Waals surface area contributed by atoms with E-state index in [0.717, 1.165) is 41.9 Å². The summed E-state index contributed by atoms with van der Waals surface area (Å²) in [6.45, 7) is 2.59. The zero-order chi connectivity index (χ0) is 15.1. The minimum Gasteiger partial charge on any atom is -0.352 e. The van der Waals surface area contributed by atoms with Crippen molar-refractivity contribution in [1.82, 2.24) is 10.6 Å². The van der Waals surface area contributed by atoms with Crippen molar-refractivity contribution in [3.8, 4) is 11.1 Å². The normalized spacial score (nSPS) is 22.4. The van der Waals surface area contributed by atoms with E-state index in [1.165, 1.54) is 12.1 Å². The maximum absolute atomic E-state index is 13.1. The lowest BCUT2D eigenvalue weighted by atomic mass is 9.86. The summed E-state index contributed by atoms with van der Waals surface area (Å²) in [5.74, 6) is 0.586. The lowest BCUT2D eigenvalue weighted by Gasteiger charge is -2.16. The summed E-state index contributed by atoms with van der Waals surface area (Å²) >= 11 is 0. The van der Waals surface area contributed by atoms with E-state index in [-0.39, 0.29) is 24.1 Å². The van der Waals surface area contributed by atoms with Gasteiger partial charge in [0.05, 0.1) is 0 Å². The van der Waals surface area contributed by atoms with Crippen LogP contribution < -0.4 is 10.6 Å². The topological polar surface area (TPSA) is 41.1 Å². The number of carbonyl (C=O) groups is 1. The first kappa shape index (κ1) is 16.0. The van der Waals surface area contributed by atoms with Gasteiger partial charge in [0.1, 0.15) is 5.82 Å². The lowest BCUT2D eigenvalue weighted by molar-refractivity contribution is 0.0952. The lowest BCUT2D eigenvalue weighted by Crippen LogP contribution is -2.28. The highest BCUT2D eigenvalue weighted by Gasteiger charge is 2.34. The molecule has 0 aromatic heterocycles. The first-order valence-corrected chi connectivity index (χ1v) is 7.61. The van der Waals surface area contributed by atoms with Gasteiger partial charge < -0.3 is 10.6 Å². The van der Waals surface area contributed by atoms with Gasteiger partial charge in [0.25, 0.3) is 5.91 Å². The van der Waals surface area contributed by atoms with Crippen molar-refractivity contribution < 1.29 is 9.18 Å². The highest BCUT2D eigenvalue weighted by atomic mass is 35.5. The van der Waals surface area contributed by atoms with Gasteiger partial charge in [0.15, 0.2) is 0 Å². The molecule has 2 aromatic carbocycles. The molecule has 23 heavy (non-hydrogen) atoms. The molecule has 2 aliphatic rings. The van der Waals surface area contributed by atoms with E-state index >= 15 is 0 Å². The molecule has 0 bridgehead atoms. The molecule has 2 aromatic rings. The largest absolute Gasteiger partial charge is 0.352 e. The minimum absolute atomic E-state index is 0. The molecule has 1 amide bonds. The summed E-state index contributed by atoms with van der Waals surface area (Å²) in [7, 11) is 0. The van der Waals surface area contributed by atoms with Crippen LogP contribution in [0.4, 0.5) is 4.39 Å². The Kier molecular flexibility index (Phi) is 4.37. The molecule has 2 unspecified atom stereocenters. The Morgan fingerprint density at radius 3 is 2.48 bits per heavy atom. The maximum Gasteiger partial charge on any atom is 0.251 e. The Hall–Kier alpha value is -1.91. The van der Waals surface area contributed by atoms with Crippen LogP contribution in [-0.4, -0.2) is 25.5 Å². The van der Waals surface area contributed by atoms with Crippen LogP contribution in [-0.2, 0) is 0 Å². The van der Waals surface area contributed by atoms with Crippen molar-refractivity contribution in [2.24, 2.45) is 5.92 Å². The number of fused-ring (bicyclic) bond motifs is 3. The summed E-state index contributed by atoms with van der Waals surface area (Å²) in [5, 5.41) is 6.43. The van der Waals surface area contributed by atoms with Crippen LogP contribution in [0.15, 0.2) is 42.5 Å². The number of halogens is 2. The van der Waals surface area contributed by atoms with Crippen LogP contribution in [0.3, 0.4) is 0 Å². The highest BCUT2D eigenvalue weighted by Crippen LogP contribution is 2.34. The van der Waals surface area contributed by atoms with E-state index in [2.05, 4.69) is 16.7 Å². The zero-order valence-corrected chi connectivity index (χ0v) is 13.3. The average Bonchev–Trinajstić information content (AvgIpc) is 2.96. The second-order valence-electron chi connectivity index (χ2n) is 6.04. The van der Waals surface area contributed by atoms with Gasteiger partial charge >= 0.3 is 0 Å². The molecule has 3 nitrogen and oxygen atoms in total. The van der Waals surface area contributed by atoms with Crippen LogP contribution >= 0.6 is 12.4 Å². The first-order valence-electron chi connectivity index (χ1n) is 7.61. The predicted octanol–water partition coefficient (Wildman–Crippen LogP) is 2.96. The number of benzene rings is 2. The molecule has 4 rings (SSSR count). The summed E-state index contributed by atoms with van der Waals surface area (Å²) in [6, 6.07) is 12.4. The molecule has 2 heterocycles. The van der Waals surface area contributed by atoms with Crippen LogP contribution in [0, 0.1) is 11.7 Å². The molecular formula is C18H18ClFN2O. The highest BCUT2D eigenvalue weighted by molar-refractivity contribution is 5.97. The van der Waals surface area contributed by atoms with Crippen molar-refractivity contribution >= 4 is 18.3 Å². The van der Waals surface area contributed by atoms with Gasteiger partial charge in [-0.25, -0.2) is 4.39 Å². The number of rotatable bonds is 1. The molecule has 0 radical (unpaired) electrons. The Balaban J connectivity index is 0.00000156. The molecule has 0 saturated carbocycles. The smallest absolute Gasteiger partial charge is 0.251 e. The van der Waals surface area contributed by atoms with Crippen molar-refractivity contribution in [3.63, 3.8) is 0 Å². The number of hydrogen-bond acceptors (Lipinski definition) is 2. The first-order chi connectivity index (χ1) is 10.7. The van der Waals surface area contributed by atoms with Gasteiger partial charge in [-0.3, -0.25) is 4.79 Å². The van der Waals surface area contributed by atoms with Gasteiger partial charge in [-0.05, 0) is 40.8 Å². The van der Waals surface area contributed by atoms with Crippen LogP contribution in [0.2, 0.25) is 0 Å². The molecule has 2 N–H and O–H groups in total. The number of nitrogens with one attached hydrogen (secondary N) is 2. The second kappa shape index (κ2) is 6.30. The molecule has 0 aliphatic carbocycles. The second-order valence-corrected chi connectivity index (χ2v) is 6.04. The van der Waals surface area contributed by atoms with Crippen LogP contribution in [0.5, 0.6) is 0 Å². The fourth-order valence-electron chi connectivity index (χ4n) is 3.53. The summed E-state index contributed by atoms with van der Waals surface area (Å²) in [4.78, 5) is 12.4. The van der Waals surface area contributed by atoms with E-state index in [4.69, 9.17) is 0 Å². The third-order valence-electron chi connectivity index (χ3n) is 4.74. The molecular weight excluding hydrogens is 315 g/mol. The van der Waals surface area contributed by atoms with Crippen molar-refractivity contribution in [3.05, 3.63) is 59.4 Å². The zero-order valence-electron chi connectivity index (χ0n) is 12.5. The molecule has 1 fully saturated rings. The van der Waals surface area contributed by atoms with Gasteiger partial charge in [-0.15, -0.1) is 12.4 Å². The van der Waals surface area contributed by atoms with E-state index in [9.17, 15) is 9.18 Å². The van der Waals surface area contributed by atoms with Crippen LogP contribution in [0.25, 0.3) is 11.1 Å². The molecule has 1 saturated heterocycles. The monoisotopic (exact) mass is 332 g/mol. The molecule has 5 heteroatoms. The summed E-state index contributed by atoms with van der Waals surface area (Å²) in [5.41, 5.74) is 3.73. The molecule has 2 aliphatic heterocycles. The van der Waals surface area contributed by atoms with Gasteiger partial charge in [-0.2, -0.15) is 0 Å². The third kappa shape index (κ3) is 2.84. The minimum atomic E-state index is -0.254. The van der Waals surface area contributed by atoms with E-state index in [1.807, 2.05) is 12.1 Å². The van der Waals surface area contributed by atoms with Crippen LogP contribution in [0.1, 0.15) is 21.8 Å². The fraction of sp³-hybridized carbons (Fsp3) is 0.278. The van der Waals surface area contributed by atoms with Gasteiger partial charge in [0, 0.05) is 31.1 Å². The van der Waals surface area contributed by atoms with Gasteiger partial charge in [0.2, 0.25) is 0 Å². The SMILES string of the molecule is Cl.O=C1NCC2CNCC2c2ccc(-c3ccc(F)cc3)cc21. The predicted molar refractivity (Wildman–Crippen MR) is 90.5 cm³/mol. The molecule has 0 spiro atoms. The Bertz CT molecular complexity index is 732. The summed E-state index contributed by atoms with van der Waals surface area (Å²) in [6.07, 6.45) is 0. The van der Waals surface area contributed by atoms with E-state index < -0.39 is 0 Å². The van der Waals surface area contributed by atoms with E-state index in [1.54, 1.807) is 12.1 Å². The van der Waals surface area contributed by atoms with Crippen molar-refractivity contribution in [1.29, 1.82) is 0 Å². The third-order valence-corrected chi connectivity index (χ3v) is 4.74. The van der Waals surface area contributed by atoms with Crippen molar-refractivity contribution in [2.45, 2.75) is 5.92 Å². The Morgan fingerprint density at radius 1 is 0.957 bits per heavy atom. The van der Waals surface area contributed by atoms with Crippen molar-refractivity contribution in [2.75, 3.05) is 19.6 Å². The summed E-state index contributed by atoms with van der Waals surface area (Å²) < 4.78 is 13.1. The fourth-order valence-corrected chi connectivity index (χ4v) is 3.53. The Labute approximate surface area is 140 Å². The number of carbonyl (C=O) groups excluding carboxylic acids is 1.